The molecule has 2 atom stereocenters. The van der Waals surface area contributed by atoms with Crippen LogP contribution in [0.3, 0.4) is 0 Å². The van der Waals surface area contributed by atoms with Gasteiger partial charge in [0.1, 0.15) is 6.04 Å². The van der Waals surface area contributed by atoms with Crippen LogP contribution in [-0.4, -0.2) is 58.3 Å². The number of rotatable bonds is 4. The number of carboxylic acids is 2. The number of carboxylic acid groups (broad SMARTS) is 2. The molecule has 2 amide bonds. The van der Waals surface area contributed by atoms with Crippen LogP contribution < -0.4 is 11.1 Å². The Morgan fingerprint density at radius 1 is 1.39 bits per heavy atom. The molecule has 18 heavy (non-hydrogen) atoms. The van der Waals surface area contributed by atoms with E-state index in [2.05, 4.69) is 5.32 Å². The molecule has 1 fully saturated rings. The number of urea groups is 1. The summed E-state index contributed by atoms with van der Waals surface area (Å²) in [6.07, 6.45) is 0.924. The molecule has 0 aromatic carbocycles. The van der Waals surface area contributed by atoms with Crippen molar-refractivity contribution in [2.75, 3.05) is 13.1 Å². The van der Waals surface area contributed by atoms with Gasteiger partial charge in [-0.15, -0.1) is 0 Å². The molecule has 8 nitrogen and oxygen atoms in total. The summed E-state index contributed by atoms with van der Waals surface area (Å²) >= 11 is 0. The fraction of sp³-hybridized carbons (Fsp3) is 0.700. The molecule has 1 heterocycles. The maximum atomic E-state index is 11.7. The number of nitrogens with one attached hydrogen (secondary N) is 1. The molecular formula is C10H17N3O5. The molecule has 1 aliphatic rings. The van der Waals surface area contributed by atoms with Gasteiger partial charge in [-0.25, -0.2) is 9.59 Å². The van der Waals surface area contributed by atoms with E-state index in [1.54, 1.807) is 0 Å². The quantitative estimate of drug-likeness (QED) is 0.514. The van der Waals surface area contributed by atoms with Gasteiger partial charge < -0.3 is 26.2 Å². The van der Waals surface area contributed by atoms with Crippen molar-refractivity contribution in [1.29, 1.82) is 0 Å². The van der Waals surface area contributed by atoms with Crippen LogP contribution in [-0.2, 0) is 9.59 Å². The minimum atomic E-state index is -1.42. The zero-order valence-electron chi connectivity index (χ0n) is 9.83. The average Bonchev–Trinajstić information content (AvgIpc) is 2.27. The van der Waals surface area contributed by atoms with Crippen LogP contribution in [0.2, 0.25) is 0 Å². The van der Waals surface area contributed by atoms with Crippen molar-refractivity contribution in [2.24, 2.45) is 5.73 Å². The van der Waals surface area contributed by atoms with Crippen molar-refractivity contribution >= 4 is 18.0 Å². The maximum Gasteiger partial charge on any atom is 0.326 e. The first kappa shape index (κ1) is 14.2. The zero-order valence-corrected chi connectivity index (χ0v) is 9.83. The Morgan fingerprint density at radius 2 is 2.06 bits per heavy atom. The highest BCUT2D eigenvalue weighted by Gasteiger charge is 2.27. The molecule has 0 bridgehead atoms. The van der Waals surface area contributed by atoms with Gasteiger partial charge in [0.25, 0.3) is 0 Å². The Labute approximate surface area is 104 Å². The molecule has 1 saturated heterocycles. The molecule has 1 rings (SSSR count). The summed E-state index contributed by atoms with van der Waals surface area (Å²) in [7, 11) is 0. The van der Waals surface area contributed by atoms with Crippen molar-refractivity contribution in [3.05, 3.63) is 0 Å². The van der Waals surface area contributed by atoms with Crippen LogP contribution in [0.4, 0.5) is 4.79 Å². The number of nitrogens with zero attached hydrogens (tertiary/aromatic N) is 1. The SMILES string of the molecule is NC1CCCN(C(=O)N[C@@H](CC(=O)O)C(=O)O)C1. The lowest BCUT2D eigenvalue weighted by Crippen LogP contribution is -2.53. The van der Waals surface area contributed by atoms with Gasteiger partial charge >= 0.3 is 18.0 Å². The second-order valence-electron chi connectivity index (χ2n) is 4.29. The van der Waals surface area contributed by atoms with Crippen molar-refractivity contribution in [1.82, 2.24) is 10.2 Å². The second kappa shape index (κ2) is 6.20. The minimum absolute atomic E-state index is 0.118. The van der Waals surface area contributed by atoms with Crippen LogP contribution in [0.15, 0.2) is 0 Å². The first-order valence-corrected chi connectivity index (χ1v) is 5.65. The Kier molecular flexibility index (Phi) is 4.90. The van der Waals surface area contributed by atoms with E-state index in [-0.39, 0.29) is 6.04 Å². The lowest BCUT2D eigenvalue weighted by Gasteiger charge is -2.31. The Morgan fingerprint density at radius 3 is 2.56 bits per heavy atom. The predicted molar refractivity (Wildman–Crippen MR) is 61.0 cm³/mol. The largest absolute Gasteiger partial charge is 0.481 e. The fourth-order valence-corrected chi connectivity index (χ4v) is 1.81. The highest BCUT2D eigenvalue weighted by Crippen LogP contribution is 2.08. The van der Waals surface area contributed by atoms with E-state index < -0.39 is 30.4 Å². The third kappa shape index (κ3) is 4.21. The zero-order chi connectivity index (χ0) is 13.7. The van der Waals surface area contributed by atoms with Gasteiger partial charge in [0.05, 0.1) is 6.42 Å². The van der Waals surface area contributed by atoms with E-state index in [4.69, 9.17) is 15.9 Å². The molecular weight excluding hydrogens is 242 g/mol. The van der Waals surface area contributed by atoms with E-state index in [0.717, 1.165) is 12.8 Å². The standard InChI is InChI=1S/C10H17N3O5/c11-6-2-1-3-13(5-6)10(18)12-7(9(16)17)4-8(14)15/h6-7H,1-5,11H2,(H,12,18)(H,14,15)(H,16,17)/t6?,7-/m0/s1. The summed E-state index contributed by atoms with van der Waals surface area (Å²) in [6, 6.07) is -2.13. The number of hydrogen-bond acceptors (Lipinski definition) is 4. The number of carbonyl (C=O) groups is 3. The minimum Gasteiger partial charge on any atom is -0.481 e. The van der Waals surface area contributed by atoms with Crippen LogP contribution >= 0.6 is 0 Å². The van der Waals surface area contributed by atoms with Crippen LogP contribution in [0.25, 0.3) is 0 Å². The van der Waals surface area contributed by atoms with E-state index >= 15 is 0 Å². The van der Waals surface area contributed by atoms with Gasteiger partial charge in [-0.05, 0) is 12.8 Å². The van der Waals surface area contributed by atoms with E-state index in [1.807, 2.05) is 0 Å². The van der Waals surface area contributed by atoms with Crippen molar-refractivity contribution in [3.8, 4) is 0 Å². The number of aliphatic carboxylic acids is 2. The number of amides is 2. The van der Waals surface area contributed by atoms with E-state index in [0.29, 0.717) is 13.1 Å². The van der Waals surface area contributed by atoms with Gasteiger partial charge in [-0.1, -0.05) is 0 Å². The van der Waals surface area contributed by atoms with Crippen LogP contribution in [0, 0.1) is 0 Å². The fourth-order valence-electron chi connectivity index (χ4n) is 1.81. The summed E-state index contributed by atoms with van der Waals surface area (Å²) in [5, 5.41) is 19.5. The van der Waals surface area contributed by atoms with Crippen molar-refractivity contribution in [2.45, 2.75) is 31.3 Å². The molecule has 0 radical (unpaired) electrons. The Balaban J connectivity index is 2.54. The number of likely N-dealkylation sites (tertiary alicyclic amines) is 1. The van der Waals surface area contributed by atoms with Crippen LogP contribution in [0.1, 0.15) is 19.3 Å². The molecule has 0 aromatic rings. The van der Waals surface area contributed by atoms with E-state index in [9.17, 15) is 14.4 Å². The normalized spacial score (nSPS) is 21.2. The Hall–Kier alpha value is -1.83. The summed E-state index contributed by atoms with van der Waals surface area (Å²) in [6.45, 7) is 0.851. The molecule has 0 spiro atoms. The van der Waals surface area contributed by atoms with Gasteiger partial charge in [-0.3, -0.25) is 4.79 Å². The van der Waals surface area contributed by atoms with E-state index in [1.165, 1.54) is 4.90 Å². The first-order valence-electron chi connectivity index (χ1n) is 5.65. The monoisotopic (exact) mass is 259 g/mol. The van der Waals surface area contributed by atoms with Crippen LogP contribution in [0.5, 0.6) is 0 Å². The molecule has 1 aliphatic heterocycles. The van der Waals surface area contributed by atoms with Gasteiger partial charge in [0.15, 0.2) is 0 Å². The summed E-state index contributed by atoms with van der Waals surface area (Å²) in [5.74, 6) is -2.65. The number of hydrogen-bond donors (Lipinski definition) is 4. The highest BCUT2D eigenvalue weighted by atomic mass is 16.4. The van der Waals surface area contributed by atoms with Gasteiger partial charge in [-0.2, -0.15) is 0 Å². The lowest BCUT2D eigenvalue weighted by molar-refractivity contribution is -0.145. The molecule has 0 aliphatic carbocycles. The third-order valence-corrected chi connectivity index (χ3v) is 2.72. The van der Waals surface area contributed by atoms with Crippen molar-refractivity contribution < 1.29 is 24.6 Å². The smallest absolute Gasteiger partial charge is 0.326 e. The number of piperidine rings is 1. The molecule has 5 N–H and O–H groups in total. The summed E-state index contributed by atoms with van der Waals surface area (Å²) in [4.78, 5) is 34.4. The Bertz CT molecular complexity index is 346. The van der Waals surface area contributed by atoms with Gasteiger partial charge in [0.2, 0.25) is 0 Å². The second-order valence-corrected chi connectivity index (χ2v) is 4.29. The topological polar surface area (TPSA) is 133 Å². The molecule has 0 saturated carbocycles. The lowest BCUT2D eigenvalue weighted by atomic mass is 10.1. The number of nitrogens with two attached hydrogens (primary N) is 1. The molecule has 0 aromatic heterocycles. The third-order valence-electron chi connectivity index (χ3n) is 2.72. The van der Waals surface area contributed by atoms with Crippen molar-refractivity contribution in [3.63, 3.8) is 0 Å². The number of carbonyl (C=O) groups excluding carboxylic acids is 1. The summed E-state index contributed by atoms with van der Waals surface area (Å²) < 4.78 is 0. The first-order chi connectivity index (χ1) is 8.40. The molecule has 102 valence electrons. The van der Waals surface area contributed by atoms with Gasteiger partial charge in [0, 0.05) is 19.1 Å². The highest BCUT2D eigenvalue weighted by molar-refractivity contribution is 5.86. The summed E-state index contributed by atoms with van der Waals surface area (Å²) in [5.41, 5.74) is 5.70. The average molecular weight is 259 g/mol. The molecule has 1 unspecified atom stereocenters. The predicted octanol–water partition coefficient (Wildman–Crippen LogP) is -0.953. The maximum absolute atomic E-state index is 11.7. The molecule has 8 heteroatoms.